The lowest BCUT2D eigenvalue weighted by Crippen LogP contribution is -2.08. The fraction of sp³-hybridized carbons (Fsp3) is 0.200. The monoisotopic (exact) mass is 443 g/mol. The van der Waals surface area contributed by atoms with Crippen molar-refractivity contribution in [3.05, 3.63) is 69.3 Å². The lowest BCUT2D eigenvalue weighted by Gasteiger charge is -2.11. The van der Waals surface area contributed by atoms with Gasteiger partial charge in [-0.2, -0.15) is 4.98 Å². The Balaban J connectivity index is 1.41. The van der Waals surface area contributed by atoms with Gasteiger partial charge in [0.1, 0.15) is 5.82 Å². The van der Waals surface area contributed by atoms with Gasteiger partial charge in [-0.1, -0.05) is 23.7 Å². The van der Waals surface area contributed by atoms with Crippen LogP contribution in [-0.4, -0.2) is 23.1 Å². The van der Waals surface area contributed by atoms with Crippen LogP contribution in [0.1, 0.15) is 11.1 Å². The van der Waals surface area contributed by atoms with Gasteiger partial charge in [-0.15, -0.1) is 0 Å². The molecule has 2 heterocycles. The number of nitrogens with one attached hydrogen (secondary N) is 3. The van der Waals surface area contributed by atoms with Crippen molar-refractivity contribution in [1.29, 1.82) is 0 Å². The molecule has 1 aliphatic rings. The molecule has 0 fully saturated rings. The lowest BCUT2D eigenvalue weighted by molar-refractivity contribution is 0.997. The number of rotatable bonds is 6. The van der Waals surface area contributed by atoms with Gasteiger partial charge in [0.15, 0.2) is 0 Å². The van der Waals surface area contributed by atoms with Gasteiger partial charge < -0.3 is 16.0 Å². The Morgan fingerprint density at radius 3 is 2.85 bits per heavy atom. The molecule has 0 aliphatic carbocycles. The number of anilines is 4. The second-order valence-corrected chi connectivity index (χ2v) is 7.66. The summed E-state index contributed by atoms with van der Waals surface area (Å²) in [6.07, 6.45) is 3.69. The maximum atomic E-state index is 5.93. The Kier molecular flexibility index (Phi) is 5.45. The molecule has 5 nitrogen and oxygen atoms in total. The van der Waals surface area contributed by atoms with Crippen LogP contribution in [-0.2, 0) is 12.8 Å². The van der Waals surface area contributed by atoms with E-state index in [-0.39, 0.29) is 0 Å². The lowest BCUT2D eigenvalue weighted by atomic mass is 10.1. The molecule has 3 N–H and O–H groups in total. The summed E-state index contributed by atoms with van der Waals surface area (Å²) in [6.45, 7) is 1.76. The number of nitrogens with zero attached hydrogens (tertiary/aromatic N) is 2. The number of halogens is 2. The number of fused-ring (bicyclic) bond motifs is 1. The molecule has 0 amide bonds. The first-order valence-corrected chi connectivity index (χ1v) is 9.99. The van der Waals surface area contributed by atoms with E-state index >= 15 is 0 Å². The SMILES string of the molecule is Clc1ccc(CCNc2nc(Nc3ccc4c(c3)CCN4)ncc2Br)cc1. The third-order valence-electron chi connectivity index (χ3n) is 4.43. The molecule has 4 rings (SSSR count). The van der Waals surface area contributed by atoms with Crippen molar-refractivity contribution in [3.63, 3.8) is 0 Å². The first-order chi connectivity index (χ1) is 13.2. The highest BCUT2D eigenvalue weighted by atomic mass is 79.9. The summed E-state index contributed by atoms with van der Waals surface area (Å²) < 4.78 is 0.835. The molecule has 0 saturated heterocycles. The Hall–Kier alpha value is -2.31. The third-order valence-corrected chi connectivity index (χ3v) is 5.27. The topological polar surface area (TPSA) is 61.9 Å². The maximum Gasteiger partial charge on any atom is 0.229 e. The fourth-order valence-corrected chi connectivity index (χ4v) is 3.50. The average molecular weight is 445 g/mol. The van der Waals surface area contributed by atoms with Crippen molar-refractivity contribution < 1.29 is 0 Å². The highest BCUT2D eigenvalue weighted by Gasteiger charge is 2.11. The number of hydrogen-bond donors (Lipinski definition) is 3. The number of hydrogen-bond acceptors (Lipinski definition) is 5. The van der Waals surface area contributed by atoms with Crippen LogP contribution < -0.4 is 16.0 Å². The molecule has 138 valence electrons. The number of benzene rings is 2. The molecule has 2 aromatic carbocycles. The largest absolute Gasteiger partial charge is 0.384 e. The molecule has 1 aromatic heterocycles. The van der Waals surface area contributed by atoms with Gasteiger partial charge in [0, 0.05) is 35.7 Å². The van der Waals surface area contributed by atoms with E-state index in [4.69, 9.17) is 11.6 Å². The van der Waals surface area contributed by atoms with E-state index in [1.165, 1.54) is 16.8 Å². The minimum atomic E-state index is 0.568. The highest BCUT2D eigenvalue weighted by Crippen LogP contribution is 2.27. The molecular weight excluding hydrogens is 426 g/mol. The molecule has 0 radical (unpaired) electrons. The van der Waals surface area contributed by atoms with Crippen LogP contribution in [0.25, 0.3) is 0 Å². The average Bonchev–Trinajstić information content (AvgIpc) is 3.14. The molecule has 1 aliphatic heterocycles. The van der Waals surface area contributed by atoms with Crippen molar-refractivity contribution in [2.45, 2.75) is 12.8 Å². The van der Waals surface area contributed by atoms with Crippen molar-refractivity contribution in [2.24, 2.45) is 0 Å². The van der Waals surface area contributed by atoms with Crippen LogP contribution in [0.5, 0.6) is 0 Å². The molecular formula is C20H19BrClN5. The Morgan fingerprint density at radius 2 is 2.00 bits per heavy atom. The Bertz CT molecular complexity index is 946. The van der Waals surface area contributed by atoms with Gasteiger partial charge in [0.2, 0.25) is 5.95 Å². The smallest absolute Gasteiger partial charge is 0.229 e. The molecule has 0 spiro atoms. The van der Waals surface area contributed by atoms with Crippen molar-refractivity contribution >= 4 is 50.7 Å². The van der Waals surface area contributed by atoms with E-state index in [0.717, 1.165) is 46.9 Å². The maximum absolute atomic E-state index is 5.93. The Morgan fingerprint density at radius 1 is 1.15 bits per heavy atom. The van der Waals surface area contributed by atoms with Crippen LogP contribution in [0.2, 0.25) is 5.02 Å². The van der Waals surface area contributed by atoms with Gasteiger partial charge in [-0.3, -0.25) is 0 Å². The van der Waals surface area contributed by atoms with Gasteiger partial charge in [0.05, 0.1) is 4.47 Å². The van der Waals surface area contributed by atoms with E-state index in [1.54, 1.807) is 6.20 Å². The minimum Gasteiger partial charge on any atom is -0.384 e. The van der Waals surface area contributed by atoms with Crippen molar-refractivity contribution in [2.75, 3.05) is 29.0 Å². The fourth-order valence-electron chi connectivity index (χ4n) is 3.04. The van der Waals surface area contributed by atoms with Gasteiger partial charge >= 0.3 is 0 Å². The first kappa shape index (κ1) is 18.1. The first-order valence-electron chi connectivity index (χ1n) is 8.82. The van der Waals surface area contributed by atoms with Crippen LogP contribution in [0.3, 0.4) is 0 Å². The van der Waals surface area contributed by atoms with E-state index in [1.807, 2.05) is 30.3 Å². The van der Waals surface area contributed by atoms with Crippen LogP contribution in [0.15, 0.2) is 53.1 Å². The van der Waals surface area contributed by atoms with E-state index in [9.17, 15) is 0 Å². The molecule has 0 bridgehead atoms. The molecule has 0 saturated carbocycles. The zero-order valence-electron chi connectivity index (χ0n) is 14.6. The summed E-state index contributed by atoms with van der Waals surface area (Å²) in [4.78, 5) is 8.95. The summed E-state index contributed by atoms with van der Waals surface area (Å²) in [7, 11) is 0. The van der Waals surface area contributed by atoms with Crippen LogP contribution in [0, 0.1) is 0 Å². The van der Waals surface area contributed by atoms with Crippen LogP contribution in [0.4, 0.5) is 23.1 Å². The zero-order chi connectivity index (χ0) is 18.6. The second-order valence-electron chi connectivity index (χ2n) is 6.37. The summed E-state index contributed by atoms with van der Waals surface area (Å²) in [5.74, 6) is 1.34. The van der Waals surface area contributed by atoms with E-state index < -0.39 is 0 Å². The second kappa shape index (κ2) is 8.15. The summed E-state index contributed by atoms with van der Waals surface area (Å²) in [5.41, 5.74) is 4.74. The van der Waals surface area contributed by atoms with Gasteiger partial charge in [0.25, 0.3) is 0 Å². The third kappa shape index (κ3) is 4.51. The van der Waals surface area contributed by atoms with Gasteiger partial charge in [-0.25, -0.2) is 4.98 Å². The van der Waals surface area contributed by atoms with Crippen molar-refractivity contribution in [3.8, 4) is 0 Å². The van der Waals surface area contributed by atoms with Crippen molar-refractivity contribution in [1.82, 2.24) is 9.97 Å². The standard InChI is InChI=1S/C20H19BrClN5/c21-17-12-25-20(26-16-5-6-18-14(11-16)8-10-23-18)27-19(17)24-9-7-13-1-3-15(22)4-2-13/h1-6,11-12,23H,7-10H2,(H2,24,25,26,27). The molecule has 27 heavy (non-hydrogen) atoms. The normalized spacial score (nSPS) is 12.4. The van der Waals surface area contributed by atoms with Crippen LogP contribution >= 0.6 is 27.5 Å². The summed E-state index contributed by atoms with van der Waals surface area (Å²) in [6, 6.07) is 14.2. The summed E-state index contributed by atoms with van der Waals surface area (Å²) in [5, 5.41) is 10.8. The molecule has 0 atom stereocenters. The highest BCUT2D eigenvalue weighted by molar-refractivity contribution is 9.10. The van der Waals surface area contributed by atoms with E-state index in [2.05, 4.69) is 54.0 Å². The quantitative estimate of drug-likeness (QED) is 0.484. The molecule has 7 heteroatoms. The summed E-state index contributed by atoms with van der Waals surface area (Å²) >= 11 is 9.44. The van der Waals surface area contributed by atoms with E-state index in [0.29, 0.717) is 5.95 Å². The predicted molar refractivity (Wildman–Crippen MR) is 115 cm³/mol. The van der Waals surface area contributed by atoms with Gasteiger partial charge in [-0.05, 0) is 70.2 Å². The zero-order valence-corrected chi connectivity index (χ0v) is 16.9. The predicted octanol–water partition coefficient (Wildman–Crippen LogP) is 5.26. The molecule has 3 aromatic rings. The number of aromatic nitrogens is 2. The minimum absolute atomic E-state index is 0.568. The molecule has 0 unspecified atom stereocenters. The Labute approximate surface area is 171 Å².